The number of nitrogens with zero attached hydrogens (tertiary/aromatic N) is 2. The van der Waals surface area contributed by atoms with Gasteiger partial charge in [0.1, 0.15) is 5.82 Å². The highest BCUT2D eigenvalue weighted by Crippen LogP contribution is 2.09. The molecule has 2 aromatic heterocycles. The first-order valence-corrected chi connectivity index (χ1v) is 3.68. The van der Waals surface area contributed by atoms with E-state index in [9.17, 15) is 0 Å². The van der Waals surface area contributed by atoms with Gasteiger partial charge in [0.05, 0.1) is 12.8 Å². The zero-order valence-electron chi connectivity index (χ0n) is 6.44. The first kappa shape index (κ1) is 7.12. The van der Waals surface area contributed by atoms with Gasteiger partial charge in [0.2, 0.25) is 0 Å². The van der Waals surface area contributed by atoms with E-state index in [2.05, 4.69) is 10.2 Å². The van der Waals surface area contributed by atoms with Crippen LogP contribution in [0, 0.1) is 0 Å². The molecular weight excluding hydrogens is 154 g/mol. The molecule has 4 heteroatoms. The Kier molecular flexibility index (Phi) is 1.68. The van der Waals surface area contributed by atoms with E-state index in [4.69, 9.17) is 5.11 Å². The van der Waals surface area contributed by atoms with Crippen LogP contribution in [-0.4, -0.2) is 19.9 Å². The van der Waals surface area contributed by atoms with Crippen molar-refractivity contribution in [2.75, 3.05) is 0 Å². The Bertz CT molecular complexity index is 350. The predicted molar refractivity (Wildman–Crippen MR) is 43.8 cm³/mol. The molecule has 0 spiro atoms. The summed E-state index contributed by atoms with van der Waals surface area (Å²) in [7, 11) is 0. The molecule has 0 fully saturated rings. The number of hydrogen-bond donors (Lipinski definition) is 2. The lowest BCUT2D eigenvalue weighted by Gasteiger charge is -1.99. The van der Waals surface area contributed by atoms with Gasteiger partial charge in [-0.3, -0.25) is 5.10 Å². The minimum absolute atomic E-state index is 0.00398. The second kappa shape index (κ2) is 2.83. The van der Waals surface area contributed by atoms with E-state index in [1.807, 2.05) is 29.1 Å². The molecular formula is C8H9N3O. The second-order valence-electron chi connectivity index (χ2n) is 2.49. The van der Waals surface area contributed by atoms with Crippen LogP contribution in [0.2, 0.25) is 0 Å². The topological polar surface area (TPSA) is 53.8 Å². The average molecular weight is 163 g/mol. The molecule has 2 aromatic rings. The summed E-state index contributed by atoms with van der Waals surface area (Å²) in [6.07, 6.45) is 5.41. The highest BCUT2D eigenvalue weighted by atomic mass is 16.3. The first-order valence-electron chi connectivity index (χ1n) is 3.68. The SMILES string of the molecule is OCc1cn[nH]c1-n1cccc1. The number of aromatic amines is 1. The molecule has 4 nitrogen and oxygen atoms in total. The van der Waals surface area contributed by atoms with Gasteiger partial charge in [0.15, 0.2) is 0 Å². The molecule has 0 saturated heterocycles. The smallest absolute Gasteiger partial charge is 0.137 e. The molecule has 2 rings (SSSR count). The monoisotopic (exact) mass is 163 g/mol. The number of nitrogens with one attached hydrogen (secondary N) is 1. The van der Waals surface area contributed by atoms with Gasteiger partial charge in [-0.05, 0) is 12.1 Å². The molecule has 12 heavy (non-hydrogen) atoms. The van der Waals surface area contributed by atoms with Crippen LogP contribution in [0.25, 0.3) is 5.82 Å². The van der Waals surface area contributed by atoms with Crippen LogP contribution in [0.3, 0.4) is 0 Å². The fraction of sp³-hybridized carbons (Fsp3) is 0.125. The zero-order valence-corrected chi connectivity index (χ0v) is 6.44. The van der Waals surface area contributed by atoms with Gasteiger partial charge < -0.3 is 9.67 Å². The van der Waals surface area contributed by atoms with Crippen molar-refractivity contribution in [2.45, 2.75) is 6.61 Å². The summed E-state index contributed by atoms with van der Waals surface area (Å²) in [6.45, 7) is 0.00398. The molecule has 0 aliphatic rings. The summed E-state index contributed by atoms with van der Waals surface area (Å²) < 4.78 is 1.87. The van der Waals surface area contributed by atoms with E-state index in [0.29, 0.717) is 0 Å². The average Bonchev–Trinajstić information content (AvgIpc) is 2.74. The molecule has 0 radical (unpaired) electrons. The van der Waals surface area contributed by atoms with Gasteiger partial charge in [-0.15, -0.1) is 0 Å². The van der Waals surface area contributed by atoms with Crippen LogP contribution < -0.4 is 0 Å². The lowest BCUT2D eigenvalue weighted by molar-refractivity contribution is 0.281. The Morgan fingerprint density at radius 1 is 1.42 bits per heavy atom. The molecule has 0 unspecified atom stereocenters. The maximum atomic E-state index is 8.93. The predicted octanol–water partition coefficient (Wildman–Crippen LogP) is 0.693. The second-order valence-corrected chi connectivity index (χ2v) is 2.49. The molecule has 0 atom stereocenters. The number of H-pyrrole nitrogens is 1. The summed E-state index contributed by atoms with van der Waals surface area (Å²) in [5.74, 6) is 0.822. The van der Waals surface area contributed by atoms with Crippen molar-refractivity contribution in [3.8, 4) is 5.82 Å². The van der Waals surface area contributed by atoms with E-state index in [0.717, 1.165) is 11.4 Å². The van der Waals surface area contributed by atoms with E-state index >= 15 is 0 Å². The van der Waals surface area contributed by atoms with Crippen molar-refractivity contribution in [3.05, 3.63) is 36.3 Å². The normalized spacial score (nSPS) is 10.4. The van der Waals surface area contributed by atoms with Gasteiger partial charge in [0, 0.05) is 18.0 Å². The van der Waals surface area contributed by atoms with Crippen LogP contribution in [0.5, 0.6) is 0 Å². The molecule has 2 heterocycles. The maximum Gasteiger partial charge on any atom is 0.137 e. The summed E-state index contributed by atoms with van der Waals surface area (Å²) in [5.41, 5.74) is 0.797. The van der Waals surface area contributed by atoms with Crippen molar-refractivity contribution in [1.82, 2.24) is 14.8 Å². The summed E-state index contributed by atoms with van der Waals surface area (Å²) in [5, 5.41) is 15.6. The fourth-order valence-electron chi connectivity index (χ4n) is 1.13. The molecule has 0 bridgehead atoms. The van der Waals surface area contributed by atoms with Crippen molar-refractivity contribution in [3.63, 3.8) is 0 Å². The molecule has 62 valence electrons. The molecule has 0 aromatic carbocycles. The number of aliphatic hydroxyl groups excluding tert-OH is 1. The number of rotatable bonds is 2. The van der Waals surface area contributed by atoms with Gasteiger partial charge in [-0.25, -0.2) is 0 Å². The Hall–Kier alpha value is -1.55. The summed E-state index contributed by atoms with van der Waals surface area (Å²) in [6, 6.07) is 3.84. The van der Waals surface area contributed by atoms with Crippen LogP contribution in [0.15, 0.2) is 30.7 Å². The third-order valence-electron chi connectivity index (χ3n) is 1.73. The number of hydrogen-bond acceptors (Lipinski definition) is 2. The maximum absolute atomic E-state index is 8.93. The molecule has 0 saturated carbocycles. The largest absolute Gasteiger partial charge is 0.391 e. The van der Waals surface area contributed by atoms with Crippen molar-refractivity contribution in [1.29, 1.82) is 0 Å². The third-order valence-corrected chi connectivity index (χ3v) is 1.73. The Morgan fingerprint density at radius 3 is 2.83 bits per heavy atom. The van der Waals surface area contributed by atoms with Crippen molar-refractivity contribution < 1.29 is 5.11 Å². The number of aliphatic hydroxyl groups is 1. The van der Waals surface area contributed by atoms with E-state index in [1.54, 1.807) is 6.20 Å². The lowest BCUT2D eigenvalue weighted by atomic mass is 10.3. The van der Waals surface area contributed by atoms with Gasteiger partial charge in [-0.2, -0.15) is 5.10 Å². The van der Waals surface area contributed by atoms with Crippen LogP contribution in [0.4, 0.5) is 0 Å². The van der Waals surface area contributed by atoms with Gasteiger partial charge in [-0.1, -0.05) is 0 Å². The highest BCUT2D eigenvalue weighted by molar-refractivity contribution is 5.31. The Balaban J connectivity index is 2.46. The van der Waals surface area contributed by atoms with Crippen LogP contribution >= 0.6 is 0 Å². The summed E-state index contributed by atoms with van der Waals surface area (Å²) >= 11 is 0. The van der Waals surface area contributed by atoms with Crippen molar-refractivity contribution >= 4 is 0 Å². The Morgan fingerprint density at radius 2 is 2.17 bits per heavy atom. The summed E-state index contributed by atoms with van der Waals surface area (Å²) in [4.78, 5) is 0. The Labute approximate surface area is 69.5 Å². The van der Waals surface area contributed by atoms with E-state index in [-0.39, 0.29) is 6.61 Å². The lowest BCUT2D eigenvalue weighted by Crippen LogP contribution is -1.94. The molecule has 0 aliphatic carbocycles. The van der Waals surface area contributed by atoms with E-state index in [1.165, 1.54) is 0 Å². The van der Waals surface area contributed by atoms with Gasteiger partial charge in [0.25, 0.3) is 0 Å². The minimum Gasteiger partial charge on any atom is -0.391 e. The van der Waals surface area contributed by atoms with Crippen LogP contribution in [0.1, 0.15) is 5.56 Å². The molecule has 0 aliphatic heterocycles. The minimum atomic E-state index is 0.00398. The fourth-order valence-corrected chi connectivity index (χ4v) is 1.13. The van der Waals surface area contributed by atoms with Crippen LogP contribution in [-0.2, 0) is 6.61 Å². The quantitative estimate of drug-likeness (QED) is 0.684. The van der Waals surface area contributed by atoms with Crippen molar-refractivity contribution in [2.24, 2.45) is 0 Å². The third kappa shape index (κ3) is 1.02. The highest BCUT2D eigenvalue weighted by Gasteiger charge is 2.03. The standard InChI is InChI=1S/C8H9N3O/c12-6-7-5-9-10-8(7)11-3-1-2-4-11/h1-5,12H,6H2,(H,9,10). The molecule has 2 N–H and O–H groups in total. The number of aromatic nitrogens is 3. The van der Waals surface area contributed by atoms with E-state index < -0.39 is 0 Å². The zero-order chi connectivity index (χ0) is 8.39. The first-order chi connectivity index (χ1) is 5.92. The molecule has 0 amide bonds. The van der Waals surface area contributed by atoms with Gasteiger partial charge >= 0.3 is 0 Å².